The molecule has 0 heterocycles. The zero-order chi connectivity index (χ0) is 12.3. The van der Waals surface area contributed by atoms with Crippen LogP contribution in [0.3, 0.4) is 0 Å². The summed E-state index contributed by atoms with van der Waals surface area (Å²) in [6, 6.07) is 4.65. The average molecular weight is 257 g/mol. The Morgan fingerprint density at radius 1 is 1.47 bits per heavy atom. The van der Waals surface area contributed by atoms with E-state index in [1.165, 1.54) is 31.4 Å². The average Bonchev–Trinajstić information content (AvgIpc) is 2.26. The molecule has 0 bridgehead atoms. The minimum Gasteiger partial charge on any atom is -0.271 e. The molecule has 2 nitrogen and oxygen atoms in total. The van der Waals surface area contributed by atoms with Crippen LogP contribution in [0.1, 0.15) is 31.2 Å². The van der Waals surface area contributed by atoms with Crippen LogP contribution in [0.4, 0.5) is 4.39 Å². The fraction of sp³-hybridized carbons (Fsp3) is 0.538. The Morgan fingerprint density at radius 3 is 2.82 bits per heavy atom. The van der Waals surface area contributed by atoms with Crippen molar-refractivity contribution in [1.82, 2.24) is 5.43 Å². The van der Waals surface area contributed by atoms with Gasteiger partial charge < -0.3 is 0 Å². The second-order valence-electron chi connectivity index (χ2n) is 4.84. The fourth-order valence-electron chi connectivity index (χ4n) is 2.31. The number of benzene rings is 1. The molecule has 94 valence electrons. The monoisotopic (exact) mass is 256 g/mol. The largest absolute Gasteiger partial charge is 0.271 e. The molecule has 1 fully saturated rings. The van der Waals surface area contributed by atoms with Gasteiger partial charge in [0.1, 0.15) is 5.82 Å². The molecule has 1 aromatic carbocycles. The second kappa shape index (κ2) is 5.80. The van der Waals surface area contributed by atoms with Crippen molar-refractivity contribution in [2.24, 2.45) is 11.8 Å². The van der Waals surface area contributed by atoms with Gasteiger partial charge in [0.25, 0.3) is 0 Å². The minimum atomic E-state index is -0.246. The maximum Gasteiger partial charge on any atom is 0.123 e. The Hall–Kier alpha value is -0.640. The first kappa shape index (κ1) is 12.8. The van der Waals surface area contributed by atoms with Crippen LogP contribution in [0.2, 0.25) is 5.02 Å². The molecule has 3 N–H and O–H groups in total. The first-order valence-corrected chi connectivity index (χ1v) is 6.47. The van der Waals surface area contributed by atoms with E-state index in [9.17, 15) is 4.39 Å². The third kappa shape index (κ3) is 3.41. The summed E-state index contributed by atoms with van der Waals surface area (Å²) in [5.74, 6) is 6.07. The van der Waals surface area contributed by atoms with Gasteiger partial charge >= 0.3 is 0 Å². The molecule has 0 aromatic heterocycles. The normalized spacial score (nSPS) is 17.8. The second-order valence-corrected chi connectivity index (χ2v) is 5.24. The van der Waals surface area contributed by atoms with E-state index in [1.54, 1.807) is 6.07 Å². The van der Waals surface area contributed by atoms with E-state index >= 15 is 0 Å². The maximum atomic E-state index is 13.1. The van der Waals surface area contributed by atoms with Crippen LogP contribution in [-0.2, 0) is 6.42 Å². The summed E-state index contributed by atoms with van der Waals surface area (Å²) in [6.45, 7) is 0. The van der Waals surface area contributed by atoms with Crippen molar-refractivity contribution >= 4 is 11.6 Å². The number of nitrogens with two attached hydrogens (primary N) is 1. The molecule has 1 unspecified atom stereocenters. The summed E-state index contributed by atoms with van der Waals surface area (Å²) >= 11 is 6.05. The van der Waals surface area contributed by atoms with Crippen molar-refractivity contribution < 1.29 is 4.39 Å². The summed E-state index contributed by atoms with van der Waals surface area (Å²) < 4.78 is 13.1. The molecule has 0 amide bonds. The zero-order valence-corrected chi connectivity index (χ0v) is 10.5. The molecule has 1 aliphatic carbocycles. The highest BCUT2D eigenvalue weighted by molar-refractivity contribution is 6.31. The molecule has 4 heteroatoms. The molecule has 1 aliphatic rings. The van der Waals surface area contributed by atoms with E-state index in [1.807, 2.05) is 0 Å². The lowest BCUT2D eigenvalue weighted by Gasteiger charge is -2.29. The summed E-state index contributed by atoms with van der Waals surface area (Å²) in [7, 11) is 0. The number of rotatable bonds is 5. The van der Waals surface area contributed by atoms with Crippen LogP contribution in [0, 0.1) is 11.7 Å². The summed E-state index contributed by atoms with van der Waals surface area (Å²) in [5, 5.41) is 0.611. The Labute approximate surface area is 106 Å². The smallest absolute Gasteiger partial charge is 0.123 e. The zero-order valence-electron chi connectivity index (χ0n) is 9.76. The standard InChI is InChI=1S/C13H18ClFN2/c14-13-5-4-11(15)7-10(13)8-12(17-16)6-9-2-1-3-9/h4-5,7,9,12,17H,1-3,6,8,16H2. The Bertz CT molecular complexity index is 380. The molecule has 1 atom stereocenters. The van der Waals surface area contributed by atoms with Crippen LogP contribution < -0.4 is 11.3 Å². The number of nitrogens with one attached hydrogen (secondary N) is 1. The van der Waals surface area contributed by atoms with E-state index in [-0.39, 0.29) is 11.9 Å². The van der Waals surface area contributed by atoms with Crippen molar-refractivity contribution in [3.05, 3.63) is 34.6 Å². The molecule has 0 radical (unpaired) electrons. The van der Waals surface area contributed by atoms with Crippen molar-refractivity contribution in [1.29, 1.82) is 0 Å². The van der Waals surface area contributed by atoms with Crippen LogP contribution in [0.5, 0.6) is 0 Å². The van der Waals surface area contributed by atoms with Crippen LogP contribution in [0.15, 0.2) is 18.2 Å². The predicted molar refractivity (Wildman–Crippen MR) is 68.2 cm³/mol. The summed E-state index contributed by atoms with van der Waals surface area (Å²) in [5.41, 5.74) is 3.64. The highest BCUT2D eigenvalue weighted by Gasteiger charge is 2.22. The van der Waals surface area contributed by atoms with Gasteiger partial charge in [0.05, 0.1) is 0 Å². The van der Waals surface area contributed by atoms with E-state index < -0.39 is 0 Å². The van der Waals surface area contributed by atoms with Gasteiger partial charge in [-0.3, -0.25) is 11.3 Å². The van der Waals surface area contributed by atoms with Crippen LogP contribution >= 0.6 is 11.6 Å². The lowest BCUT2D eigenvalue weighted by atomic mass is 9.80. The van der Waals surface area contributed by atoms with Crippen LogP contribution in [-0.4, -0.2) is 6.04 Å². The van der Waals surface area contributed by atoms with Crippen molar-refractivity contribution in [2.75, 3.05) is 0 Å². The number of hydrogen-bond acceptors (Lipinski definition) is 2. The molecule has 1 aromatic rings. The van der Waals surface area contributed by atoms with E-state index in [4.69, 9.17) is 17.4 Å². The van der Waals surface area contributed by atoms with Gasteiger partial charge in [0, 0.05) is 11.1 Å². The Kier molecular flexibility index (Phi) is 4.37. The topological polar surface area (TPSA) is 38.0 Å². The van der Waals surface area contributed by atoms with E-state index in [2.05, 4.69) is 5.43 Å². The molecule has 1 saturated carbocycles. The third-order valence-corrected chi connectivity index (χ3v) is 3.92. The third-order valence-electron chi connectivity index (χ3n) is 3.55. The molecular formula is C13H18ClFN2. The van der Waals surface area contributed by atoms with Crippen LogP contribution in [0.25, 0.3) is 0 Å². The molecule has 2 rings (SSSR count). The highest BCUT2D eigenvalue weighted by Crippen LogP contribution is 2.31. The molecule has 0 spiro atoms. The SMILES string of the molecule is NNC(Cc1cc(F)ccc1Cl)CC1CCC1. The first-order valence-electron chi connectivity index (χ1n) is 6.09. The lowest BCUT2D eigenvalue weighted by molar-refractivity contribution is 0.259. The van der Waals surface area contributed by atoms with Gasteiger partial charge in [-0.1, -0.05) is 30.9 Å². The van der Waals surface area contributed by atoms with Gasteiger partial charge in [0.2, 0.25) is 0 Å². The van der Waals surface area contributed by atoms with E-state index in [0.29, 0.717) is 11.4 Å². The van der Waals surface area contributed by atoms with Crippen molar-refractivity contribution in [3.63, 3.8) is 0 Å². The lowest BCUT2D eigenvalue weighted by Crippen LogP contribution is -2.39. The Morgan fingerprint density at radius 2 is 2.24 bits per heavy atom. The predicted octanol–water partition coefficient (Wildman–Crippen LogP) is 3.04. The molecule has 17 heavy (non-hydrogen) atoms. The number of hydrogen-bond donors (Lipinski definition) is 2. The minimum absolute atomic E-state index is 0.180. The summed E-state index contributed by atoms with van der Waals surface area (Å²) in [4.78, 5) is 0. The van der Waals surface area contributed by atoms with Gasteiger partial charge in [-0.15, -0.1) is 0 Å². The molecule has 0 saturated heterocycles. The van der Waals surface area contributed by atoms with Gasteiger partial charge in [-0.25, -0.2) is 4.39 Å². The number of hydrazine groups is 1. The maximum absolute atomic E-state index is 13.1. The van der Waals surface area contributed by atoms with Gasteiger partial charge in [-0.2, -0.15) is 0 Å². The highest BCUT2D eigenvalue weighted by atomic mass is 35.5. The quantitative estimate of drug-likeness (QED) is 0.628. The molecular weight excluding hydrogens is 239 g/mol. The number of halogens is 2. The summed E-state index contributed by atoms with van der Waals surface area (Å²) in [6.07, 6.45) is 5.62. The van der Waals surface area contributed by atoms with E-state index in [0.717, 1.165) is 17.9 Å². The van der Waals surface area contributed by atoms with Crippen molar-refractivity contribution in [3.8, 4) is 0 Å². The fourth-order valence-corrected chi connectivity index (χ4v) is 2.50. The van der Waals surface area contributed by atoms with Gasteiger partial charge in [-0.05, 0) is 42.5 Å². The van der Waals surface area contributed by atoms with Crippen molar-refractivity contribution in [2.45, 2.75) is 38.1 Å². The first-order chi connectivity index (χ1) is 8.19. The molecule has 0 aliphatic heterocycles. The van der Waals surface area contributed by atoms with Gasteiger partial charge in [0.15, 0.2) is 0 Å². The Balaban J connectivity index is 1.98.